The first-order chi connectivity index (χ1) is 16.3. The summed E-state index contributed by atoms with van der Waals surface area (Å²) in [6.45, 7) is 3.55. The van der Waals surface area contributed by atoms with Crippen molar-refractivity contribution in [3.8, 4) is 11.3 Å². The fourth-order valence-corrected chi connectivity index (χ4v) is 3.74. The van der Waals surface area contributed by atoms with Crippen molar-refractivity contribution >= 4 is 40.1 Å². The Morgan fingerprint density at radius 1 is 1.06 bits per heavy atom. The van der Waals surface area contributed by atoms with Gasteiger partial charge in [0.15, 0.2) is 5.43 Å². The molecule has 1 fully saturated rings. The molecule has 1 aliphatic rings. The lowest BCUT2D eigenvalue weighted by atomic mass is 10.1. The normalized spacial score (nSPS) is 13.5. The Balaban J connectivity index is 1.71. The number of carbonyl (C=O) groups excluding carboxylic acids is 3. The van der Waals surface area contributed by atoms with E-state index >= 15 is 0 Å². The predicted molar refractivity (Wildman–Crippen MR) is 127 cm³/mol. The zero-order chi connectivity index (χ0) is 24.2. The van der Waals surface area contributed by atoms with Crippen molar-refractivity contribution in [3.63, 3.8) is 0 Å². The highest BCUT2D eigenvalue weighted by Gasteiger charge is 2.19. The fourth-order valence-electron chi connectivity index (χ4n) is 3.74. The second-order valence-corrected chi connectivity index (χ2v) is 7.85. The number of nitrogens with zero attached hydrogens (tertiary/aromatic N) is 1. The van der Waals surface area contributed by atoms with Crippen LogP contribution in [0.4, 0.5) is 11.4 Å². The molecule has 4 rings (SSSR count). The first-order valence-electron chi connectivity index (χ1n) is 10.7. The van der Waals surface area contributed by atoms with Gasteiger partial charge in [-0.05, 0) is 18.2 Å². The summed E-state index contributed by atoms with van der Waals surface area (Å²) < 4.78 is 11.5. The van der Waals surface area contributed by atoms with Crippen molar-refractivity contribution in [2.24, 2.45) is 5.73 Å². The second kappa shape index (κ2) is 9.75. The third-order valence-corrected chi connectivity index (χ3v) is 5.36. The smallest absolute Gasteiger partial charge is 0.251 e. The van der Waals surface area contributed by atoms with Gasteiger partial charge in [-0.1, -0.05) is 12.1 Å². The third kappa shape index (κ3) is 5.07. The summed E-state index contributed by atoms with van der Waals surface area (Å²) in [5.74, 6) is -0.983. The molecule has 0 atom stereocenters. The molecule has 1 aliphatic heterocycles. The van der Waals surface area contributed by atoms with Crippen LogP contribution in [0.25, 0.3) is 22.3 Å². The first-order valence-corrected chi connectivity index (χ1v) is 10.7. The van der Waals surface area contributed by atoms with Crippen molar-refractivity contribution in [2.45, 2.75) is 6.92 Å². The molecule has 4 N–H and O–H groups in total. The van der Waals surface area contributed by atoms with Crippen molar-refractivity contribution in [1.29, 1.82) is 0 Å². The Kier molecular flexibility index (Phi) is 6.60. The number of ether oxygens (including phenoxy) is 1. The lowest BCUT2D eigenvalue weighted by Gasteiger charge is -2.30. The number of anilines is 2. The summed E-state index contributed by atoms with van der Waals surface area (Å²) in [6.07, 6.45) is 0. The van der Waals surface area contributed by atoms with Gasteiger partial charge in [0.1, 0.15) is 11.3 Å². The minimum absolute atomic E-state index is 0.241. The average molecular weight is 464 g/mol. The van der Waals surface area contributed by atoms with E-state index < -0.39 is 11.8 Å². The van der Waals surface area contributed by atoms with Crippen molar-refractivity contribution in [2.75, 3.05) is 43.1 Å². The first kappa shape index (κ1) is 23.0. The maximum absolute atomic E-state index is 12.9. The highest BCUT2D eigenvalue weighted by molar-refractivity contribution is 5.98. The van der Waals surface area contributed by atoms with Crippen LogP contribution in [0.15, 0.2) is 51.7 Å². The van der Waals surface area contributed by atoms with E-state index in [2.05, 4.69) is 15.5 Å². The van der Waals surface area contributed by atoms with Crippen molar-refractivity contribution < 1.29 is 23.5 Å². The van der Waals surface area contributed by atoms with Crippen LogP contribution in [-0.4, -0.2) is 50.6 Å². The lowest BCUT2D eigenvalue weighted by molar-refractivity contribution is -0.117. The Morgan fingerprint density at radius 2 is 1.76 bits per heavy atom. The number of benzene rings is 2. The minimum Gasteiger partial charge on any atom is -0.456 e. The average Bonchev–Trinajstić information content (AvgIpc) is 2.82. The van der Waals surface area contributed by atoms with Gasteiger partial charge in [-0.15, -0.1) is 0 Å². The molecule has 0 aliphatic carbocycles. The minimum atomic E-state index is -0.638. The van der Waals surface area contributed by atoms with E-state index in [1.165, 1.54) is 13.0 Å². The number of hydrogen-bond acceptors (Lipinski definition) is 7. The summed E-state index contributed by atoms with van der Waals surface area (Å²) in [5.41, 5.74) is 7.37. The second-order valence-electron chi connectivity index (χ2n) is 7.85. The molecule has 34 heavy (non-hydrogen) atoms. The molecule has 10 nitrogen and oxygen atoms in total. The van der Waals surface area contributed by atoms with E-state index in [0.717, 1.165) is 5.69 Å². The van der Waals surface area contributed by atoms with E-state index in [1.807, 2.05) is 0 Å². The van der Waals surface area contributed by atoms with Gasteiger partial charge in [0.25, 0.3) is 5.91 Å². The van der Waals surface area contributed by atoms with Gasteiger partial charge in [-0.2, -0.15) is 0 Å². The number of amides is 3. The Labute approximate surface area is 194 Å². The number of morpholine rings is 1. The predicted octanol–water partition coefficient (Wildman–Crippen LogP) is 1.47. The quantitative estimate of drug-likeness (QED) is 0.501. The molecule has 0 spiro atoms. The van der Waals surface area contributed by atoms with E-state index in [9.17, 15) is 19.2 Å². The summed E-state index contributed by atoms with van der Waals surface area (Å²) in [4.78, 5) is 49.7. The number of hydrogen-bond donors (Lipinski definition) is 3. The molecular weight excluding hydrogens is 440 g/mol. The van der Waals surface area contributed by atoms with E-state index in [0.29, 0.717) is 59.8 Å². The third-order valence-electron chi connectivity index (χ3n) is 5.36. The zero-order valence-corrected chi connectivity index (χ0v) is 18.6. The molecule has 0 radical (unpaired) electrons. The standard InChI is InChI=1S/C24H24N4O6/c1-14(29)27-18-10-17-20(30)12-21(34-22(17)11-19(18)28-6-8-33-9-7-28)15-2-4-16(5-3-15)24(32)26-13-23(25)31/h2-5,10-12H,6-9,13H2,1H3,(H2,25,31)(H,26,32)(H,27,29). The van der Waals surface area contributed by atoms with Crippen LogP contribution in [0.5, 0.6) is 0 Å². The van der Waals surface area contributed by atoms with Crippen LogP contribution in [0.2, 0.25) is 0 Å². The lowest BCUT2D eigenvalue weighted by Crippen LogP contribution is -2.36. The van der Waals surface area contributed by atoms with Gasteiger partial charge in [0.05, 0.1) is 36.5 Å². The Morgan fingerprint density at radius 3 is 2.41 bits per heavy atom. The van der Waals surface area contributed by atoms with Gasteiger partial charge >= 0.3 is 0 Å². The molecule has 0 bridgehead atoms. The Hall–Kier alpha value is -4.18. The SMILES string of the molecule is CC(=O)Nc1cc2c(=O)cc(-c3ccc(C(=O)NCC(N)=O)cc3)oc2cc1N1CCOCC1. The monoisotopic (exact) mass is 464 g/mol. The molecule has 10 heteroatoms. The van der Waals surface area contributed by atoms with Crippen LogP contribution in [0.3, 0.4) is 0 Å². The molecule has 3 amide bonds. The van der Waals surface area contributed by atoms with Crippen LogP contribution >= 0.6 is 0 Å². The topological polar surface area (TPSA) is 144 Å². The molecule has 2 aromatic carbocycles. The summed E-state index contributed by atoms with van der Waals surface area (Å²) in [7, 11) is 0. The molecule has 176 valence electrons. The maximum atomic E-state index is 12.9. The fraction of sp³-hybridized carbons (Fsp3) is 0.250. The zero-order valence-electron chi connectivity index (χ0n) is 18.6. The summed E-state index contributed by atoms with van der Waals surface area (Å²) in [5, 5.41) is 5.56. The van der Waals surface area contributed by atoms with Gasteiger partial charge in [-0.3, -0.25) is 19.2 Å². The van der Waals surface area contributed by atoms with Crippen molar-refractivity contribution in [1.82, 2.24) is 5.32 Å². The number of nitrogens with one attached hydrogen (secondary N) is 2. The van der Waals surface area contributed by atoms with Crippen LogP contribution in [0.1, 0.15) is 17.3 Å². The highest BCUT2D eigenvalue weighted by Crippen LogP contribution is 2.33. The molecule has 2 heterocycles. The summed E-state index contributed by atoms with van der Waals surface area (Å²) >= 11 is 0. The van der Waals surface area contributed by atoms with E-state index in [1.54, 1.807) is 36.4 Å². The number of fused-ring (bicyclic) bond motifs is 1. The van der Waals surface area contributed by atoms with Gasteiger partial charge in [0, 0.05) is 43.3 Å². The highest BCUT2D eigenvalue weighted by atomic mass is 16.5. The number of nitrogens with two attached hydrogens (primary N) is 1. The van der Waals surface area contributed by atoms with Gasteiger partial charge < -0.3 is 30.4 Å². The molecular formula is C24H24N4O6. The largest absolute Gasteiger partial charge is 0.456 e. The van der Waals surface area contributed by atoms with Crippen LogP contribution in [0, 0.1) is 0 Å². The van der Waals surface area contributed by atoms with Crippen LogP contribution in [-0.2, 0) is 14.3 Å². The summed E-state index contributed by atoms with van der Waals surface area (Å²) in [6, 6.07) is 11.2. The molecule has 1 aromatic heterocycles. The van der Waals surface area contributed by atoms with Crippen molar-refractivity contribution in [3.05, 3.63) is 58.3 Å². The molecule has 3 aromatic rings. The molecule has 0 unspecified atom stereocenters. The van der Waals surface area contributed by atoms with E-state index in [4.69, 9.17) is 14.9 Å². The van der Waals surface area contributed by atoms with Gasteiger partial charge in [0.2, 0.25) is 11.8 Å². The number of rotatable bonds is 6. The van der Waals surface area contributed by atoms with E-state index in [-0.39, 0.29) is 17.9 Å². The van der Waals surface area contributed by atoms with Gasteiger partial charge in [-0.25, -0.2) is 0 Å². The molecule has 0 saturated carbocycles. The Bertz CT molecular complexity index is 1310. The van der Waals surface area contributed by atoms with Crippen LogP contribution < -0.4 is 26.7 Å². The number of carbonyl (C=O) groups is 3. The molecule has 1 saturated heterocycles. The number of primary amides is 1. The maximum Gasteiger partial charge on any atom is 0.251 e.